The summed E-state index contributed by atoms with van der Waals surface area (Å²) in [6.07, 6.45) is 0.338. The number of nitrogens with zero attached hydrogens (tertiary/aromatic N) is 2. The number of fused-ring (bicyclic) bond motifs is 1. The van der Waals surface area contributed by atoms with E-state index in [1.807, 2.05) is 30.3 Å². The van der Waals surface area contributed by atoms with E-state index in [-0.39, 0.29) is 0 Å². The smallest absolute Gasteiger partial charge is 0.161 e. The number of aliphatic hydroxyl groups is 1. The number of β-amino-alcohol motifs (C(OH)–C–C–N with tert-alkyl or cyclic N) is 1. The van der Waals surface area contributed by atoms with Crippen LogP contribution in [0.15, 0.2) is 42.5 Å². The summed E-state index contributed by atoms with van der Waals surface area (Å²) in [6, 6.07) is 13.9. The van der Waals surface area contributed by atoms with Crippen LogP contribution >= 0.6 is 0 Å². The Kier molecular flexibility index (Phi) is 5.88. The van der Waals surface area contributed by atoms with Gasteiger partial charge in [-0.3, -0.25) is 4.90 Å². The largest absolute Gasteiger partial charge is 0.497 e. The maximum atomic E-state index is 10.7. The number of methoxy groups -OCH3 is 1. The number of anilines is 1. The lowest BCUT2D eigenvalue weighted by atomic mass is 10.1. The highest BCUT2D eigenvalue weighted by molar-refractivity contribution is 5.51. The molecule has 0 saturated carbocycles. The second-order valence-corrected chi connectivity index (χ2v) is 7.26. The van der Waals surface area contributed by atoms with Crippen molar-refractivity contribution in [2.45, 2.75) is 12.5 Å². The summed E-state index contributed by atoms with van der Waals surface area (Å²) in [5, 5.41) is 10.7. The van der Waals surface area contributed by atoms with Crippen LogP contribution in [0.1, 0.15) is 18.1 Å². The Morgan fingerprint density at radius 3 is 2.57 bits per heavy atom. The Bertz CT molecular complexity index is 790. The Morgan fingerprint density at radius 2 is 1.79 bits per heavy atom. The van der Waals surface area contributed by atoms with E-state index in [2.05, 4.69) is 21.9 Å². The average Bonchev–Trinajstić information content (AvgIpc) is 2.99. The van der Waals surface area contributed by atoms with Crippen LogP contribution in [-0.2, 0) is 0 Å². The Labute approximate surface area is 166 Å². The van der Waals surface area contributed by atoms with Crippen LogP contribution in [0.5, 0.6) is 17.2 Å². The number of piperazine rings is 1. The molecule has 2 aromatic carbocycles. The minimum atomic E-state index is -0.541. The molecule has 6 heteroatoms. The fraction of sp³-hybridized carbons (Fsp3) is 0.455. The first kappa shape index (κ1) is 18.9. The highest BCUT2D eigenvalue weighted by Gasteiger charge is 2.21. The molecule has 0 spiro atoms. The van der Waals surface area contributed by atoms with Gasteiger partial charge in [0.1, 0.15) is 5.75 Å². The summed E-state index contributed by atoms with van der Waals surface area (Å²) >= 11 is 0. The van der Waals surface area contributed by atoms with Crippen LogP contribution < -0.4 is 19.1 Å². The van der Waals surface area contributed by atoms with Gasteiger partial charge in [0.05, 0.1) is 26.4 Å². The molecular formula is C22H28N2O4. The first-order valence-corrected chi connectivity index (χ1v) is 9.92. The monoisotopic (exact) mass is 384 g/mol. The molecule has 0 aliphatic carbocycles. The lowest BCUT2D eigenvalue weighted by Crippen LogP contribution is -2.47. The first-order chi connectivity index (χ1) is 13.7. The maximum absolute atomic E-state index is 10.7. The first-order valence-electron chi connectivity index (χ1n) is 9.92. The van der Waals surface area contributed by atoms with Gasteiger partial charge < -0.3 is 24.2 Å². The van der Waals surface area contributed by atoms with Crippen LogP contribution in [0.4, 0.5) is 5.69 Å². The van der Waals surface area contributed by atoms with Crippen molar-refractivity contribution in [3.8, 4) is 17.2 Å². The van der Waals surface area contributed by atoms with Crippen molar-refractivity contribution < 1.29 is 19.3 Å². The lowest BCUT2D eigenvalue weighted by Gasteiger charge is -2.37. The zero-order chi connectivity index (χ0) is 19.3. The van der Waals surface area contributed by atoms with Crippen molar-refractivity contribution in [2.75, 3.05) is 57.9 Å². The van der Waals surface area contributed by atoms with Gasteiger partial charge in [-0.05, 0) is 29.8 Å². The molecule has 150 valence electrons. The molecule has 4 rings (SSSR count). The van der Waals surface area contributed by atoms with E-state index in [1.165, 1.54) is 5.69 Å². The lowest BCUT2D eigenvalue weighted by molar-refractivity contribution is 0.109. The molecule has 2 aliphatic heterocycles. The van der Waals surface area contributed by atoms with E-state index in [9.17, 15) is 5.11 Å². The van der Waals surface area contributed by atoms with Crippen molar-refractivity contribution >= 4 is 5.69 Å². The summed E-state index contributed by atoms with van der Waals surface area (Å²) in [4.78, 5) is 4.67. The van der Waals surface area contributed by atoms with Crippen LogP contribution in [-0.4, -0.2) is 63.1 Å². The van der Waals surface area contributed by atoms with Crippen LogP contribution in [0.2, 0.25) is 0 Å². The summed E-state index contributed by atoms with van der Waals surface area (Å²) in [7, 11) is 1.69. The number of hydrogen-bond donors (Lipinski definition) is 1. The predicted molar refractivity (Wildman–Crippen MR) is 109 cm³/mol. The van der Waals surface area contributed by atoms with E-state index >= 15 is 0 Å². The van der Waals surface area contributed by atoms with Crippen molar-refractivity contribution in [3.63, 3.8) is 0 Å². The molecule has 0 aromatic heterocycles. The molecule has 2 aliphatic rings. The molecule has 6 nitrogen and oxygen atoms in total. The Balaban J connectivity index is 1.33. The Hall–Kier alpha value is -2.44. The van der Waals surface area contributed by atoms with Gasteiger partial charge in [0.25, 0.3) is 0 Å². The van der Waals surface area contributed by atoms with Crippen molar-refractivity contribution in [1.82, 2.24) is 4.90 Å². The van der Waals surface area contributed by atoms with Gasteiger partial charge in [-0.25, -0.2) is 0 Å². The van der Waals surface area contributed by atoms with E-state index < -0.39 is 6.10 Å². The van der Waals surface area contributed by atoms with Gasteiger partial charge >= 0.3 is 0 Å². The Morgan fingerprint density at radius 1 is 1.00 bits per heavy atom. The van der Waals surface area contributed by atoms with Gasteiger partial charge in [0.2, 0.25) is 0 Å². The SMILES string of the molecule is COc1cccc(N2CCN(C[C@H](O)c3ccc4c(c3)OCCCO4)CC2)c1. The zero-order valence-corrected chi connectivity index (χ0v) is 16.3. The van der Waals surface area contributed by atoms with E-state index in [4.69, 9.17) is 14.2 Å². The van der Waals surface area contributed by atoms with Crippen LogP contribution in [0.25, 0.3) is 0 Å². The van der Waals surface area contributed by atoms with Crippen LogP contribution in [0, 0.1) is 0 Å². The quantitative estimate of drug-likeness (QED) is 0.856. The highest BCUT2D eigenvalue weighted by atomic mass is 16.5. The van der Waals surface area contributed by atoms with Crippen molar-refractivity contribution in [1.29, 1.82) is 0 Å². The van der Waals surface area contributed by atoms with Gasteiger partial charge in [-0.15, -0.1) is 0 Å². The topological polar surface area (TPSA) is 54.4 Å². The third kappa shape index (κ3) is 4.34. The van der Waals surface area contributed by atoms with E-state index in [1.54, 1.807) is 7.11 Å². The summed E-state index contributed by atoms with van der Waals surface area (Å²) in [6.45, 7) is 5.64. The molecule has 1 N–H and O–H groups in total. The van der Waals surface area contributed by atoms with Crippen molar-refractivity contribution in [3.05, 3.63) is 48.0 Å². The van der Waals surface area contributed by atoms with E-state index in [0.717, 1.165) is 55.4 Å². The number of aliphatic hydroxyl groups excluding tert-OH is 1. The van der Waals surface area contributed by atoms with Crippen LogP contribution in [0.3, 0.4) is 0 Å². The fourth-order valence-electron chi connectivity index (χ4n) is 3.73. The molecule has 28 heavy (non-hydrogen) atoms. The van der Waals surface area contributed by atoms with Gasteiger partial charge in [0, 0.05) is 50.9 Å². The minimum absolute atomic E-state index is 0.541. The molecule has 1 atom stereocenters. The second kappa shape index (κ2) is 8.71. The fourth-order valence-corrected chi connectivity index (χ4v) is 3.73. The van der Waals surface area contributed by atoms with Gasteiger partial charge in [-0.1, -0.05) is 12.1 Å². The molecule has 0 unspecified atom stereocenters. The summed E-state index contributed by atoms with van der Waals surface area (Å²) in [5.41, 5.74) is 2.06. The normalized spacial score (nSPS) is 18.4. The van der Waals surface area contributed by atoms with E-state index in [0.29, 0.717) is 19.8 Å². The third-order valence-electron chi connectivity index (χ3n) is 5.38. The number of hydrogen-bond acceptors (Lipinski definition) is 6. The zero-order valence-electron chi connectivity index (χ0n) is 16.3. The standard InChI is InChI=1S/C22H28N2O4/c1-26-19-5-2-4-18(15-19)24-10-8-23(9-11-24)16-20(25)17-6-7-21-22(14-17)28-13-3-12-27-21/h2,4-7,14-15,20,25H,3,8-13,16H2,1H3/t20-/m0/s1. The molecular weight excluding hydrogens is 356 g/mol. The summed E-state index contributed by atoms with van der Waals surface area (Å²) < 4.78 is 16.7. The predicted octanol–water partition coefficient (Wildman–Crippen LogP) is 2.71. The van der Waals surface area contributed by atoms with Gasteiger partial charge in [0.15, 0.2) is 11.5 Å². The average molecular weight is 384 g/mol. The number of benzene rings is 2. The molecule has 0 amide bonds. The highest BCUT2D eigenvalue weighted by Crippen LogP contribution is 2.32. The molecule has 0 bridgehead atoms. The maximum Gasteiger partial charge on any atom is 0.161 e. The second-order valence-electron chi connectivity index (χ2n) is 7.26. The molecule has 2 heterocycles. The van der Waals surface area contributed by atoms with Gasteiger partial charge in [-0.2, -0.15) is 0 Å². The number of ether oxygens (including phenoxy) is 3. The summed E-state index contributed by atoms with van der Waals surface area (Å²) in [5.74, 6) is 2.38. The third-order valence-corrected chi connectivity index (χ3v) is 5.38. The molecule has 2 aromatic rings. The molecule has 1 saturated heterocycles. The number of rotatable bonds is 5. The van der Waals surface area contributed by atoms with Crippen molar-refractivity contribution in [2.24, 2.45) is 0 Å². The minimum Gasteiger partial charge on any atom is -0.497 e. The molecule has 0 radical (unpaired) electrons. The molecule has 1 fully saturated rings.